The third-order valence-electron chi connectivity index (χ3n) is 2.26. The van der Waals surface area contributed by atoms with Crippen molar-refractivity contribution in [2.24, 2.45) is 0 Å². The van der Waals surface area contributed by atoms with Crippen LogP contribution in [0.5, 0.6) is 11.6 Å². The predicted molar refractivity (Wildman–Crippen MR) is 66.5 cm³/mol. The smallest absolute Gasteiger partial charge is 0.358 e. The molecule has 1 heterocycles. The van der Waals surface area contributed by atoms with Gasteiger partial charge in [0, 0.05) is 6.07 Å². The molecule has 0 aliphatic heterocycles. The van der Waals surface area contributed by atoms with Gasteiger partial charge in [0.2, 0.25) is 5.88 Å². The highest BCUT2D eigenvalue weighted by molar-refractivity contribution is 5.86. The van der Waals surface area contributed by atoms with E-state index in [2.05, 4.69) is 14.7 Å². The van der Waals surface area contributed by atoms with Crippen LogP contribution in [-0.4, -0.2) is 28.0 Å². The normalized spacial score (nSPS) is 9.85. The van der Waals surface area contributed by atoms with Gasteiger partial charge in [-0.1, -0.05) is 6.07 Å². The van der Waals surface area contributed by atoms with E-state index in [0.717, 1.165) is 0 Å². The maximum atomic E-state index is 11.3. The van der Waals surface area contributed by atoms with Gasteiger partial charge in [0.15, 0.2) is 5.69 Å². The molecule has 0 spiro atoms. The van der Waals surface area contributed by atoms with Gasteiger partial charge in [0.25, 0.3) is 5.69 Å². The Balaban J connectivity index is 2.24. The second kappa shape index (κ2) is 5.74. The van der Waals surface area contributed by atoms with Gasteiger partial charge in [-0.3, -0.25) is 15.1 Å². The topological polar surface area (TPSA) is 104 Å². The number of aromatic nitrogens is 2. The molecule has 8 nitrogen and oxygen atoms in total. The fourth-order valence-corrected chi connectivity index (χ4v) is 1.38. The van der Waals surface area contributed by atoms with Crippen molar-refractivity contribution in [2.75, 3.05) is 7.11 Å². The molecule has 0 radical (unpaired) electrons. The van der Waals surface area contributed by atoms with E-state index < -0.39 is 10.9 Å². The number of ether oxygens (including phenoxy) is 2. The molecule has 0 saturated carbocycles. The Hall–Kier alpha value is -3.03. The maximum Gasteiger partial charge on any atom is 0.358 e. The molecular weight excluding hydrogens is 266 g/mol. The zero-order chi connectivity index (χ0) is 14.5. The van der Waals surface area contributed by atoms with Crippen LogP contribution in [-0.2, 0) is 4.74 Å². The Kier molecular flexibility index (Phi) is 3.85. The Morgan fingerprint density at radius 2 is 2.15 bits per heavy atom. The molecule has 0 atom stereocenters. The van der Waals surface area contributed by atoms with Gasteiger partial charge >= 0.3 is 5.97 Å². The van der Waals surface area contributed by atoms with Crippen LogP contribution in [0.2, 0.25) is 0 Å². The number of hydrogen-bond donors (Lipinski definition) is 0. The monoisotopic (exact) mass is 275 g/mol. The standard InChI is InChI=1S/C12H9N3O5/c1-19-12(16)10-6-13-7-11(14-10)20-9-4-2-3-8(5-9)15(17)18/h2-7H,1H3. The molecule has 0 bridgehead atoms. The quantitative estimate of drug-likeness (QED) is 0.477. The van der Waals surface area contributed by atoms with Gasteiger partial charge in [-0.25, -0.2) is 9.78 Å². The van der Waals surface area contributed by atoms with Crippen molar-refractivity contribution in [3.05, 3.63) is 52.5 Å². The summed E-state index contributed by atoms with van der Waals surface area (Å²) in [7, 11) is 1.22. The number of hydrogen-bond acceptors (Lipinski definition) is 7. The number of nitrogens with zero attached hydrogens (tertiary/aromatic N) is 3. The van der Waals surface area contributed by atoms with Gasteiger partial charge < -0.3 is 9.47 Å². The third kappa shape index (κ3) is 3.05. The summed E-state index contributed by atoms with van der Waals surface area (Å²) in [6.07, 6.45) is 2.51. The molecule has 0 aliphatic rings. The summed E-state index contributed by atoms with van der Waals surface area (Å²) in [5.41, 5.74) is -0.130. The molecule has 0 N–H and O–H groups in total. The largest absolute Gasteiger partial charge is 0.464 e. The lowest BCUT2D eigenvalue weighted by atomic mass is 10.3. The lowest BCUT2D eigenvalue weighted by Gasteiger charge is -2.05. The van der Waals surface area contributed by atoms with E-state index in [1.165, 1.54) is 43.8 Å². The Labute approximate surface area is 113 Å². The minimum Gasteiger partial charge on any atom is -0.464 e. The zero-order valence-electron chi connectivity index (χ0n) is 10.3. The van der Waals surface area contributed by atoms with E-state index in [0.29, 0.717) is 0 Å². The molecule has 1 aromatic heterocycles. The molecular formula is C12H9N3O5. The first kappa shape index (κ1) is 13.4. The zero-order valence-corrected chi connectivity index (χ0v) is 10.3. The van der Waals surface area contributed by atoms with Gasteiger partial charge in [0.05, 0.1) is 30.5 Å². The maximum absolute atomic E-state index is 11.3. The number of esters is 1. The molecule has 2 rings (SSSR count). The number of methoxy groups -OCH3 is 1. The molecule has 0 aliphatic carbocycles. The summed E-state index contributed by atoms with van der Waals surface area (Å²) in [5, 5.41) is 10.6. The average molecular weight is 275 g/mol. The second-order valence-electron chi connectivity index (χ2n) is 3.59. The fourth-order valence-electron chi connectivity index (χ4n) is 1.38. The summed E-state index contributed by atoms with van der Waals surface area (Å²) in [5.74, 6) is -0.397. The molecule has 8 heteroatoms. The van der Waals surface area contributed by atoms with Gasteiger partial charge in [-0.05, 0) is 6.07 Å². The molecule has 0 unspecified atom stereocenters. The van der Waals surface area contributed by atoms with Gasteiger partial charge in [0.1, 0.15) is 5.75 Å². The van der Waals surface area contributed by atoms with Crippen LogP contribution < -0.4 is 4.74 Å². The van der Waals surface area contributed by atoms with E-state index in [1.807, 2.05) is 0 Å². The van der Waals surface area contributed by atoms with Crippen molar-refractivity contribution in [1.82, 2.24) is 9.97 Å². The number of rotatable bonds is 4. The van der Waals surface area contributed by atoms with E-state index >= 15 is 0 Å². The molecule has 2 aromatic rings. The molecule has 0 saturated heterocycles. The first-order chi connectivity index (χ1) is 9.60. The van der Waals surface area contributed by atoms with Crippen molar-refractivity contribution >= 4 is 11.7 Å². The van der Waals surface area contributed by atoms with Crippen LogP contribution >= 0.6 is 0 Å². The summed E-state index contributed by atoms with van der Waals surface area (Å²) in [6.45, 7) is 0. The van der Waals surface area contributed by atoms with Crippen LogP contribution in [0.15, 0.2) is 36.7 Å². The highest BCUT2D eigenvalue weighted by Crippen LogP contribution is 2.23. The van der Waals surface area contributed by atoms with E-state index in [9.17, 15) is 14.9 Å². The molecule has 0 amide bonds. The third-order valence-corrected chi connectivity index (χ3v) is 2.26. The van der Waals surface area contributed by atoms with Gasteiger partial charge in [-0.15, -0.1) is 0 Å². The summed E-state index contributed by atoms with van der Waals surface area (Å²) < 4.78 is 9.82. The molecule has 20 heavy (non-hydrogen) atoms. The number of nitro benzene ring substituents is 1. The first-order valence-corrected chi connectivity index (χ1v) is 5.43. The van der Waals surface area contributed by atoms with Crippen LogP contribution in [0.3, 0.4) is 0 Å². The van der Waals surface area contributed by atoms with Crippen molar-refractivity contribution < 1.29 is 19.2 Å². The van der Waals surface area contributed by atoms with Crippen LogP contribution in [0, 0.1) is 10.1 Å². The minimum atomic E-state index is -0.651. The summed E-state index contributed by atoms with van der Waals surface area (Å²) in [4.78, 5) is 29.1. The Morgan fingerprint density at radius 3 is 2.85 bits per heavy atom. The highest BCUT2D eigenvalue weighted by atomic mass is 16.6. The Morgan fingerprint density at radius 1 is 1.35 bits per heavy atom. The highest BCUT2D eigenvalue weighted by Gasteiger charge is 2.11. The number of non-ortho nitro benzene ring substituents is 1. The van der Waals surface area contributed by atoms with E-state index in [4.69, 9.17) is 4.74 Å². The number of nitro groups is 1. The predicted octanol–water partition coefficient (Wildman–Crippen LogP) is 1.96. The minimum absolute atomic E-state index is 0.0181. The lowest BCUT2D eigenvalue weighted by molar-refractivity contribution is -0.384. The molecule has 1 aromatic carbocycles. The summed E-state index contributed by atoms with van der Waals surface area (Å²) >= 11 is 0. The molecule has 102 valence electrons. The fraction of sp³-hybridized carbons (Fsp3) is 0.0833. The Bertz CT molecular complexity index is 659. The number of carbonyl (C=O) groups is 1. The first-order valence-electron chi connectivity index (χ1n) is 5.43. The van der Waals surface area contributed by atoms with Crippen molar-refractivity contribution in [1.29, 1.82) is 0 Å². The number of carbonyl (C=O) groups excluding carboxylic acids is 1. The molecule has 0 fully saturated rings. The lowest BCUT2D eigenvalue weighted by Crippen LogP contribution is -2.05. The van der Waals surface area contributed by atoms with Crippen LogP contribution in [0.4, 0.5) is 5.69 Å². The SMILES string of the molecule is COC(=O)c1cncc(Oc2cccc([N+](=O)[O-])c2)n1. The summed E-state index contributed by atoms with van der Waals surface area (Å²) in [6, 6.07) is 5.58. The van der Waals surface area contributed by atoms with Crippen molar-refractivity contribution in [3.8, 4) is 11.6 Å². The van der Waals surface area contributed by atoms with Crippen molar-refractivity contribution in [3.63, 3.8) is 0 Å². The van der Waals surface area contributed by atoms with Crippen LogP contribution in [0.1, 0.15) is 10.5 Å². The number of benzene rings is 1. The average Bonchev–Trinajstić information content (AvgIpc) is 2.47. The van der Waals surface area contributed by atoms with Crippen LogP contribution in [0.25, 0.3) is 0 Å². The van der Waals surface area contributed by atoms with Gasteiger partial charge in [-0.2, -0.15) is 0 Å². The van der Waals surface area contributed by atoms with Crippen molar-refractivity contribution in [2.45, 2.75) is 0 Å². The van der Waals surface area contributed by atoms with E-state index in [-0.39, 0.29) is 23.0 Å². The van der Waals surface area contributed by atoms with E-state index in [1.54, 1.807) is 0 Å². The second-order valence-corrected chi connectivity index (χ2v) is 3.59.